The summed E-state index contributed by atoms with van der Waals surface area (Å²) in [6.45, 7) is 4.72. The number of rotatable bonds is 5. The van der Waals surface area contributed by atoms with Gasteiger partial charge in [-0.1, -0.05) is 26.0 Å². The Balaban J connectivity index is 2.02. The normalized spacial score (nSPS) is 10.1. The molecule has 5 nitrogen and oxygen atoms in total. The van der Waals surface area contributed by atoms with E-state index in [4.69, 9.17) is 22.2 Å². The van der Waals surface area contributed by atoms with Gasteiger partial charge in [-0.05, 0) is 64.4 Å². The first-order chi connectivity index (χ1) is 12.4. The Kier molecular flexibility index (Phi) is 7.13. The Morgan fingerprint density at radius 1 is 1.31 bits per heavy atom. The van der Waals surface area contributed by atoms with Crippen molar-refractivity contribution in [3.63, 3.8) is 0 Å². The lowest BCUT2D eigenvalue weighted by atomic mass is 10.2. The van der Waals surface area contributed by atoms with Crippen molar-refractivity contribution in [2.45, 2.75) is 13.8 Å². The Bertz CT molecular complexity index is 862. The molecule has 134 valence electrons. The van der Waals surface area contributed by atoms with E-state index >= 15 is 0 Å². The molecule has 0 aliphatic heterocycles. The number of carbonyl (C=O) groups excluding carboxylic acids is 1. The monoisotopic (exact) mass is 431 g/mol. The predicted molar refractivity (Wildman–Crippen MR) is 109 cm³/mol. The van der Waals surface area contributed by atoms with E-state index in [0.29, 0.717) is 39.6 Å². The number of para-hydroxylation sites is 1. The first-order valence-electron chi connectivity index (χ1n) is 7.94. The first-order valence-corrected chi connectivity index (χ1v) is 9.14. The van der Waals surface area contributed by atoms with E-state index in [2.05, 4.69) is 46.5 Å². The summed E-state index contributed by atoms with van der Waals surface area (Å²) in [5.41, 5.74) is 1.42. The lowest BCUT2D eigenvalue weighted by Gasteiger charge is -2.13. The SMILES string of the molecule is CC(C)COc1ccc(C(=O)NC(=S)Nc2ccccc2C#N)cc1Br. The van der Waals surface area contributed by atoms with Crippen molar-refractivity contribution in [1.82, 2.24) is 5.32 Å². The fourth-order valence-electron chi connectivity index (χ4n) is 2.03. The fraction of sp³-hybridized carbons (Fsp3) is 0.211. The average Bonchev–Trinajstić information content (AvgIpc) is 2.60. The summed E-state index contributed by atoms with van der Waals surface area (Å²) in [5.74, 6) is 0.733. The number of hydrogen-bond acceptors (Lipinski definition) is 4. The lowest BCUT2D eigenvalue weighted by molar-refractivity contribution is 0.0977. The molecule has 0 aromatic heterocycles. The second-order valence-corrected chi connectivity index (χ2v) is 7.18. The number of halogens is 1. The highest BCUT2D eigenvalue weighted by Crippen LogP contribution is 2.26. The van der Waals surface area contributed by atoms with Crippen LogP contribution in [0.15, 0.2) is 46.9 Å². The maximum Gasteiger partial charge on any atom is 0.257 e. The molecule has 2 aromatic carbocycles. The number of anilines is 1. The third-order valence-corrected chi connectivity index (χ3v) is 4.11. The minimum Gasteiger partial charge on any atom is -0.492 e. The molecule has 2 N–H and O–H groups in total. The van der Waals surface area contributed by atoms with E-state index in [0.717, 1.165) is 0 Å². The second-order valence-electron chi connectivity index (χ2n) is 5.92. The third kappa shape index (κ3) is 5.55. The highest BCUT2D eigenvalue weighted by molar-refractivity contribution is 9.10. The lowest BCUT2D eigenvalue weighted by Crippen LogP contribution is -2.34. The Morgan fingerprint density at radius 3 is 2.69 bits per heavy atom. The summed E-state index contributed by atoms with van der Waals surface area (Å²) >= 11 is 8.57. The van der Waals surface area contributed by atoms with Gasteiger partial charge in [-0.2, -0.15) is 5.26 Å². The van der Waals surface area contributed by atoms with Gasteiger partial charge in [0.05, 0.1) is 22.3 Å². The molecule has 0 fully saturated rings. The van der Waals surface area contributed by atoms with Crippen LogP contribution < -0.4 is 15.4 Å². The summed E-state index contributed by atoms with van der Waals surface area (Å²) in [6.07, 6.45) is 0. The second kappa shape index (κ2) is 9.32. The molecule has 2 aromatic rings. The molecule has 0 saturated carbocycles. The zero-order valence-corrected chi connectivity index (χ0v) is 16.8. The van der Waals surface area contributed by atoms with Gasteiger partial charge in [-0.15, -0.1) is 0 Å². The molecule has 0 saturated heterocycles. The van der Waals surface area contributed by atoms with Crippen molar-refractivity contribution < 1.29 is 9.53 Å². The molecule has 0 radical (unpaired) electrons. The average molecular weight is 432 g/mol. The molecule has 7 heteroatoms. The fourth-order valence-corrected chi connectivity index (χ4v) is 2.73. The molecule has 1 amide bonds. The minimum absolute atomic E-state index is 0.119. The molecule has 0 aliphatic rings. The molecule has 0 aliphatic carbocycles. The molecule has 0 spiro atoms. The van der Waals surface area contributed by atoms with E-state index in [1.807, 2.05) is 0 Å². The number of amides is 1. The van der Waals surface area contributed by atoms with Crippen LogP contribution >= 0.6 is 28.1 Å². The summed E-state index contributed by atoms with van der Waals surface area (Å²) in [6, 6.07) is 14.1. The van der Waals surface area contributed by atoms with Gasteiger partial charge in [0.25, 0.3) is 5.91 Å². The zero-order chi connectivity index (χ0) is 19.1. The van der Waals surface area contributed by atoms with Gasteiger partial charge >= 0.3 is 0 Å². The summed E-state index contributed by atoms with van der Waals surface area (Å²) < 4.78 is 6.37. The van der Waals surface area contributed by atoms with Crippen molar-refractivity contribution in [3.8, 4) is 11.8 Å². The van der Waals surface area contributed by atoms with Crippen molar-refractivity contribution in [1.29, 1.82) is 5.26 Å². The van der Waals surface area contributed by atoms with Gasteiger partial charge in [-0.25, -0.2) is 0 Å². The molecular weight excluding hydrogens is 414 g/mol. The molecular formula is C19H18BrN3O2S. The van der Waals surface area contributed by atoms with Crippen LogP contribution in [0.5, 0.6) is 5.75 Å². The van der Waals surface area contributed by atoms with Crippen molar-refractivity contribution in [3.05, 3.63) is 58.1 Å². The Labute approximate surface area is 166 Å². The van der Waals surface area contributed by atoms with Crippen molar-refractivity contribution in [2.24, 2.45) is 5.92 Å². The zero-order valence-electron chi connectivity index (χ0n) is 14.4. The van der Waals surface area contributed by atoms with Gasteiger partial charge in [0.15, 0.2) is 5.11 Å². The topological polar surface area (TPSA) is 74.2 Å². The molecule has 2 rings (SSSR count). The number of carbonyl (C=O) groups is 1. The van der Waals surface area contributed by atoms with Gasteiger partial charge in [0.2, 0.25) is 0 Å². The molecule has 0 unspecified atom stereocenters. The van der Waals surface area contributed by atoms with Gasteiger partial charge in [-0.3, -0.25) is 10.1 Å². The highest BCUT2D eigenvalue weighted by atomic mass is 79.9. The first kappa shape index (κ1) is 19.9. The van der Waals surface area contributed by atoms with E-state index < -0.39 is 0 Å². The maximum absolute atomic E-state index is 12.4. The van der Waals surface area contributed by atoms with E-state index in [1.165, 1.54) is 0 Å². The molecule has 0 bridgehead atoms. The number of benzene rings is 2. The smallest absolute Gasteiger partial charge is 0.257 e. The standard InChI is InChI=1S/C19H18BrN3O2S/c1-12(2)11-25-17-8-7-13(9-15(17)20)18(24)23-19(26)22-16-6-4-3-5-14(16)10-21/h3-9,12H,11H2,1-2H3,(H2,22,23,24,26). The van der Waals surface area contributed by atoms with Crippen molar-refractivity contribution in [2.75, 3.05) is 11.9 Å². The summed E-state index contributed by atoms with van der Waals surface area (Å²) in [4.78, 5) is 12.4. The van der Waals surface area contributed by atoms with Crippen LogP contribution in [0, 0.1) is 17.2 Å². The number of ether oxygens (including phenoxy) is 1. The third-order valence-electron chi connectivity index (χ3n) is 3.29. The summed E-state index contributed by atoms with van der Waals surface area (Å²) in [5, 5.41) is 14.7. The van der Waals surface area contributed by atoms with E-state index in [9.17, 15) is 4.79 Å². The predicted octanol–water partition coefficient (Wildman–Crippen LogP) is 4.48. The highest BCUT2D eigenvalue weighted by Gasteiger charge is 2.12. The van der Waals surface area contributed by atoms with Crippen LogP contribution in [0.4, 0.5) is 5.69 Å². The molecule has 26 heavy (non-hydrogen) atoms. The van der Waals surface area contributed by atoms with Crippen molar-refractivity contribution >= 4 is 44.9 Å². The van der Waals surface area contributed by atoms with Crippen LogP contribution in [-0.4, -0.2) is 17.6 Å². The van der Waals surface area contributed by atoms with Crippen LogP contribution in [0.2, 0.25) is 0 Å². The van der Waals surface area contributed by atoms with Crippen LogP contribution in [-0.2, 0) is 0 Å². The largest absolute Gasteiger partial charge is 0.492 e. The molecule has 0 atom stereocenters. The maximum atomic E-state index is 12.4. The van der Waals surface area contributed by atoms with Gasteiger partial charge < -0.3 is 10.1 Å². The number of nitrogens with zero attached hydrogens (tertiary/aromatic N) is 1. The number of thiocarbonyl (C=S) groups is 1. The van der Waals surface area contributed by atoms with Crippen LogP contribution in [0.3, 0.4) is 0 Å². The number of nitrogens with one attached hydrogen (secondary N) is 2. The van der Waals surface area contributed by atoms with Crippen LogP contribution in [0.25, 0.3) is 0 Å². The Morgan fingerprint density at radius 2 is 2.04 bits per heavy atom. The van der Waals surface area contributed by atoms with Gasteiger partial charge in [0.1, 0.15) is 11.8 Å². The van der Waals surface area contributed by atoms with E-state index in [1.54, 1.807) is 42.5 Å². The number of nitriles is 1. The number of hydrogen-bond donors (Lipinski definition) is 2. The Hall–Kier alpha value is -2.43. The minimum atomic E-state index is -0.354. The molecule has 0 heterocycles. The summed E-state index contributed by atoms with van der Waals surface area (Å²) in [7, 11) is 0. The van der Waals surface area contributed by atoms with E-state index in [-0.39, 0.29) is 11.0 Å². The van der Waals surface area contributed by atoms with Crippen LogP contribution in [0.1, 0.15) is 29.8 Å². The van der Waals surface area contributed by atoms with Gasteiger partial charge in [0, 0.05) is 5.56 Å². The quantitative estimate of drug-likeness (QED) is 0.682.